The van der Waals surface area contributed by atoms with Gasteiger partial charge in [0.15, 0.2) is 0 Å². The summed E-state index contributed by atoms with van der Waals surface area (Å²) in [7, 11) is 0. The van der Waals surface area contributed by atoms with Crippen LogP contribution in [0.3, 0.4) is 0 Å². The van der Waals surface area contributed by atoms with Crippen LogP contribution in [0.2, 0.25) is 0 Å². The molecular weight excluding hydrogens is 230 g/mol. The van der Waals surface area contributed by atoms with Gasteiger partial charge < -0.3 is 9.90 Å². The number of carbonyl (C=O) groups is 1. The first-order chi connectivity index (χ1) is 8.53. The van der Waals surface area contributed by atoms with Crippen molar-refractivity contribution >= 4 is 11.8 Å². The number of carboxylic acids is 1. The predicted octanol–water partition coefficient (Wildman–Crippen LogP) is 0.488. The van der Waals surface area contributed by atoms with Crippen LogP contribution in [0.1, 0.15) is 33.1 Å². The molecule has 1 heterocycles. The molecule has 0 aromatic heterocycles. The lowest BCUT2D eigenvalue weighted by Gasteiger charge is -2.36. The molecule has 18 heavy (non-hydrogen) atoms. The van der Waals surface area contributed by atoms with Gasteiger partial charge in [0.1, 0.15) is 18.9 Å². The van der Waals surface area contributed by atoms with Crippen molar-refractivity contribution in [3.8, 4) is 0 Å². The first-order valence-corrected chi connectivity index (χ1v) is 6.22. The first kappa shape index (κ1) is 14.6. The molecule has 100 valence electrons. The van der Waals surface area contributed by atoms with Crippen molar-refractivity contribution < 1.29 is 14.4 Å². The monoisotopic (exact) mass is 251 g/mol. The average molecular weight is 251 g/mol. The fraction of sp³-hybridized carbons (Fsp3) is 0.538. The number of quaternary nitrogens is 1. The Bertz CT molecular complexity index is 386. The number of carboxylic acid groups (broad SMARTS) is 1. The van der Waals surface area contributed by atoms with Gasteiger partial charge in [-0.05, 0) is 19.8 Å². The number of hydrogen-bond donors (Lipinski definition) is 1. The lowest BCUT2D eigenvalue weighted by molar-refractivity contribution is -0.808. The number of aliphatic imine (C=N–C) groups is 1. The van der Waals surface area contributed by atoms with E-state index in [4.69, 9.17) is 5.73 Å². The fourth-order valence-electron chi connectivity index (χ4n) is 2.12. The van der Waals surface area contributed by atoms with Crippen molar-refractivity contribution in [2.45, 2.75) is 39.3 Å². The molecule has 0 amide bonds. The van der Waals surface area contributed by atoms with Gasteiger partial charge in [0.05, 0.1) is 12.2 Å². The highest BCUT2D eigenvalue weighted by molar-refractivity contribution is 5.81. The molecule has 1 aliphatic rings. The number of unbranched alkanes of at least 4 members (excludes halogenated alkanes) is 1. The topological polar surface area (TPSA) is 78.5 Å². The Morgan fingerprint density at radius 3 is 2.94 bits per heavy atom. The van der Waals surface area contributed by atoms with Gasteiger partial charge in [0.25, 0.3) is 0 Å². The minimum Gasteiger partial charge on any atom is -0.544 e. The number of allylic oxidation sites excluding steroid dienone is 2. The summed E-state index contributed by atoms with van der Waals surface area (Å²) >= 11 is 0. The van der Waals surface area contributed by atoms with Crippen molar-refractivity contribution in [3.63, 3.8) is 0 Å². The second kappa shape index (κ2) is 6.47. The van der Waals surface area contributed by atoms with Gasteiger partial charge in [-0.1, -0.05) is 12.2 Å². The van der Waals surface area contributed by atoms with E-state index in [9.17, 15) is 9.90 Å². The molecule has 5 heteroatoms. The van der Waals surface area contributed by atoms with Crippen LogP contribution in [0.15, 0.2) is 29.5 Å². The molecule has 1 rings (SSSR count). The molecule has 0 spiro atoms. The van der Waals surface area contributed by atoms with Gasteiger partial charge >= 0.3 is 0 Å². The minimum atomic E-state index is -1.11. The van der Waals surface area contributed by atoms with E-state index in [1.807, 2.05) is 13.0 Å². The zero-order valence-electron chi connectivity index (χ0n) is 11.0. The summed E-state index contributed by atoms with van der Waals surface area (Å²) in [5.41, 5.74) is 5.94. The number of rotatable bonds is 7. The molecule has 2 N–H and O–H groups in total. The Morgan fingerprint density at radius 2 is 2.39 bits per heavy atom. The standard InChI is InChI=1S/C13H21N3O2/c1-3-4-5-6-7-12-15-8-9-16(12,11(2)14)10-13(17)18/h3-4,8-9,11H,5-7,10,14H2,1-2H3/b4-3+. The van der Waals surface area contributed by atoms with Crippen molar-refractivity contribution in [1.82, 2.24) is 0 Å². The third kappa shape index (κ3) is 3.27. The summed E-state index contributed by atoms with van der Waals surface area (Å²) in [4.78, 5) is 15.2. The van der Waals surface area contributed by atoms with E-state index in [-0.39, 0.29) is 17.2 Å². The van der Waals surface area contributed by atoms with E-state index in [2.05, 4.69) is 11.1 Å². The van der Waals surface area contributed by atoms with Crippen molar-refractivity contribution in [2.24, 2.45) is 10.7 Å². The first-order valence-electron chi connectivity index (χ1n) is 6.22. The van der Waals surface area contributed by atoms with E-state index in [1.54, 1.807) is 19.3 Å². The predicted molar refractivity (Wildman–Crippen MR) is 69.0 cm³/mol. The molecule has 0 aliphatic carbocycles. The highest BCUT2D eigenvalue weighted by atomic mass is 16.4. The summed E-state index contributed by atoms with van der Waals surface area (Å²) in [6.07, 6.45) is 9.76. The number of nitrogens with two attached hydrogens (primary N) is 1. The van der Waals surface area contributed by atoms with Gasteiger partial charge in [-0.15, -0.1) is 0 Å². The smallest absolute Gasteiger partial charge is 0.209 e. The van der Waals surface area contributed by atoms with Gasteiger partial charge in [-0.3, -0.25) is 5.73 Å². The zero-order chi connectivity index (χ0) is 13.6. The molecule has 2 atom stereocenters. The highest BCUT2D eigenvalue weighted by Gasteiger charge is 2.38. The Morgan fingerprint density at radius 1 is 1.67 bits per heavy atom. The number of amidine groups is 1. The zero-order valence-corrected chi connectivity index (χ0v) is 11.0. The van der Waals surface area contributed by atoms with Crippen molar-refractivity contribution in [1.29, 1.82) is 0 Å². The van der Waals surface area contributed by atoms with Crippen LogP contribution in [0.4, 0.5) is 0 Å². The van der Waals surface area contributed by atoms with E-state index in [0.717, 1.165) is 25.1 Å². The van der Waals surface area contributed by atoms with Crippen LogP contribution in [0, 0.1) is 0 Å². The summed E-state index contributed by atoms with van der Waals surface area (Å²) in [6, 6.07) is 0. The summed E-state index contributed by atoms with van der Waals surface area (Å²) in [6.45, 7) is 3.61. The fourth-order valence-corrected chi connectivity index (χ4v) is 2.12. The summed E-state index contributed by atoms with van der Waals surface area (Å²) in [5, 5.41) is 10.9. The lowest BCUT2D eigenvalue weighted by atomic mass is 10.1. The highest BCUT2D eigenvalue weighted by Crippen LogP contribution is 2.22. The normalized spacial score (nSPS) is 24.5. The number of carbonyl (C=O) groups excluding carboxylic acids is 1. The summed E-state index contributed by atoms with van der Waals surface area (Å²) < 4.78 is 0.0815. The van der Waals surface area contributed by atoms with Gasteiger partial charge in [-0.25, -0.2) is 9.48 Å². The maximum atomic E-state index is 10.9. The summed E-state index contributed by atoms with van der Waals surface area (Å²) in [5.74, 6) is -0.307. The third-order valence-corrected chi connectivity index (χ3v) is 3.16. The Hall–Kier alpha value is -1.46. The molecule has 0 radical (unpaired) electrons. The molecule has 0 aromatic rings. The molecule has 0 saturated heterocycles. The van der Waals surface area contributed by atoms with Crippen LogP contribution in [0.25, 0.3) is 0 Å². The molecule has 2 unspecified atom stereocenters. The molecule has 0 saturated carbocycles. The minimum absolute atomic E-state index is 0.0815. The maximum absolute atomic E-state index is 10.9. The van der Waals surface area contributed by atoms with Crippen LogP contribution in [0.5, 0.6) is 0 Å². The van der Waals surface area contributed by atoms with Crippen LogP contribution >= 0.6 is 0 Å². The Labute approximate surface area is 108 Å². The van der Waals surface area contributed by atoms with Crippen molar-refractivity contribution in [3.05, 3.63) is 24.6 Å². The molecular formula is C13H21N3O2. The number of hydrogen-bond acceptors (Lipinski definition) is 4. The largest absolute Gasteiger partial charge is 0.544 e. The molecule has 0 aromatic carbocycles. The third-order valence-electron chi connectivity index (χ3n) is 3.16. The second-order valence-corrected chi connectivity index (χ2v) is 4.51. The van der Waals surface area contributed by atoms with E-state index in [1.165, 1.54) is 0 Å². The van der Waals surface area contributed by atoms with Gasteiger partial charge in [-0.2, -0.15) is 0 Å². The van der Waals surface area contributed by atoms with E-state index < -0.39 is 5.97 Å². The molecule has 0 bridgehead atoms. The molecule has 0 fully saturated rings. The van der Waals surface area contributed by atoms with Gasteiger partial charge in [0, 0.05) is 13.3 Å². The molecule has 5 nitrogen and oxygen atoms in total. The Balaban J connectivity index is 2.74. The SMILES string of the molecule is C/C=C/CCCC1=NC=C[N+]1(CC(=O)[O-])C(C)N. The lowest BCUT2D eigenvalue weighted by Crippen LogP contribution is -2.60. The Kier molecular flexibility index (Phi) is 5.25. The molecule has 1 aliphatic heterocycles. The van der Waals surface area contributed by atoms with Gasteiger partial charge in [0.2, 0.25) is 5.84 Å². The number of nitrogens with zero attached hydrogens (tertiary/aromatic N) is 2. The second-order valence-electron chi connectivity index (χ2n) is 4.51. The van der Waals surface area contributed by atoms with Crippen molar-refractivity contribution in [2.75, 3.05) is 6.54 Å². The van der Waals surface area contributed by atoms with E-state index in [0.29, 0.717) is 0 Å². The van der Waals surface area contributed by atoms with Crippen LogP contribution in [-0.2, 0) is 4.79 Å². The quantitative estimate of drug-likeness (QED) is 0.406. The number of aliphatic carboxylic acids is 1. The van der Waals surface area contributed by atoms with Crippen LogP contribution in [-0.4, -0.2) is 29.0 Å². The average Bonchev–Trinajstić information content (AvgIpc) is 2.68. The van der Waals surface area contributed by atoms with E-state index >= 15 is 0 Å². The van der Waals surface area contributed by atoms with Crippen LogP contribution < -0.4 is 10.8 Å². The maximum Gasteiger partial charge on any atom is 0.209 e.